The molecule has 1 saturated carbocycles. The first-order valence-corrected chi connectivity index (χ1v) is 8.34. The molecule has 2 fully saturated rings. The number of fused-ring (bicyclic) bond motifs is 1. The monoisotopic (exact) mass is 298 g/mol. The summed E-state index contributed by atoms with van der Waals surface area (Å²) in [5, 5.41) is 0. The molecule has 0 aromatic carbocycles. The summed E-state index contributed by atoms with van der Waals surface area (Å²) in [6.07, 6.45) is 3.90. The SMILES string of the molecule is CC(C)COCCCCOC(=O)C1CC2OC2(C)CC1C. The van der Waals surface area contributed by atoms with Gasteiger partial charge in [-0.1, -0.05) is 20.8 Å². The molecule has 0 aromatic heterocycles. The van der Waals surface area contributed by atoms with Crippen molar-refractivity contribution in [3.05, 3.63) is 0 Å². The largest absolute Gasteiger partial charge is 0.465 e. The fourth-order valence-electron chi connectivity index (χ4n) is 3.25. The molecule has 0 N–H and O–H groups in total. The molecule has 0 radical (unpaired) electrons. The Morgan fingerprint density at radius 1 is 1.33 bits per heavy atom. The van der Waals surface area contributed by atoms with E-state index in [2.05, 4.69) is 27.7 Å². The van der Waals surface area contributed by atoms with Crippen LogP contribution in [-0.4, -0.2) is 37.5 Å². The highest BCUT2D eigenvalue weighted by Gasteiger charge is 2.58. The van der Waals surface area contributed by atoms with Crippen molar-refractivity contribution in [3.8, 4) is 0 Å². The van der Waals surface area contributed by atoms with Gasteiger partial charge in [-0.25, -0.2) is 0 Å². The summed E-state index contributed by atoms with van der Waals surface area (Å²) in [5.74, 6) is 0.910. The van der Waals surface area contributed by atoms with E-state index in [4.69, 9.17) is 14.2 Å². The van der Waals surface area contributed by atoms with Crippen molar-refractivity contribution in [1.29, 1.82) is 0 Å². The van der Waals surface area contributed by atoms with Crippen molar-refractivity contribution >= 4 is 5.97 Å². The lowest BCUT2D eigenvalue weighted by molar-refractivity contribution is -0.151. The number of unbranched alkanes of at least 4 members (excludes halogenated alkanes) is 1. The zero-order chi connectivity index (χ0) is 15.5. The van der Waals surface area contributed by atoms with Crippen LogP contribution < -0.4 is 0 Å². The molecule has 1 saturated heterocycles. The molecule has 1 aliphatic carbocycles. The van der Waals surface area contributed by atoms with Crippen LogP contribution in [0.3, 0.4) is 0 Å². The van der Waals surface area contributed by atoms with Gasteiger partial charge >= 0.3 is 5.97 Å². The van der Waals surface area contributed by atoms with E-state index < -0.39 is 0 Å². The molecular weight excluding hydrogens is 268 g/mol. The molecule has 2 rings (SSSR count). The van der Waals surface area contributed by atoms with E-state index in [1.54, 1.807) is 0 Å². The Hall–Kier alpha value is -0.610. The second kappa shape index (κ2) is 7.10. The minimum absolute atomic E-state index is 0.0164. The second-order valence-electron chi connectivity index (χ2n) is 7.29. The van der Waals surface area contributed by atoms with Gasteiger partial charge in [-0.15, -0.1) is 0 Å². The van der Waals surface area contributed by atoms with Gasteiger partial charge in [0.05, 0.1) is 24.2 Å². The van der Waals surface area contributed by atoms with Gasteiger partial charge in [-0.2, -0.15) is 0 Å². The van der Waals surface area contributed by atoms with Gasteiger partial charge in [0.2, 0.25) is 0 Å². The van der Waals surface area contributed by atoms with Crippen LogP contribution in [0.5, 0.6) is 0 Å². The highest BCUT2D eigenvalue weighted by Crippen LogP contribution is 2.51. The van der Waals surface area contributed by atoms with Crippen molar-refractivity contribution in [2.75, 3.05) is 19.8 Å². The number of ether oxygens (including phenoxy) is 3. The summed E-state index contributed by atoms with van der Waals surface area (Å²) in [7, 11) is 0. The second-order valence-corrected chi connectivity index (χ2v) is 7.29. The van der Waals surface area contributed by atoms with Gasteiger partial charge in [0.1, 0.15) is 0 Å². The molecule has 0 aromatic rings. The third-order valence-electron chi connectivity index (χ3n) is 4.60. The molecular formula is C17H30O4. The fraction of sp³-hybridized carbons (Fsp3) is 0.941. The molecule has 4 atom stereocenters. The van der Waals surface area contributed by atoms with Crippen molar-refractivity contribution in [3.63, 3.8) is 0 Å². The number of hydrogen-bond donors (Lipinski definition) is 0. The smallest absolute Gasteiger partial charge is 0.309 e. The van der Waals surface area contributed by atoms with Crippen LogP contribution >= 0.6 is 0 Å². The van der Waals surface area contributed by atoms with Gasteiger partial charge in [-0.3, -0.25) is 4.79 Å². The third-order valence-corrected chi connectivity index (χ3v) is 4.60. The van der Waals surface area contributed by atoms with E-state index >= 15 is 0 Å². The molecule has 4 nitrogen and oxygen atoms in total. The maximum atomic E-state index is 12.1. The zero-order valence-electron chi connectivity index (χ0n) is 13.9. The van der Waals surface area contributed by atoms with Gasteiger partial charge in [-0.05, 0) is 44.4 Å². The molecule has 1 aliphatic heterocycles. The molecule has 0 amide bonds. The quantitative estimate of drug-likeness (QED) is 0.392. The molecule has 0 bridgehead atoms. The first-order valence-electron chi connectivity index (χ1n) is 8.34. The minimum Gasteiger partial charge on any atom is -0.465 e. The lowest BCUT2D eigenvalue weighted by Crippen LogP contribution is -2.34. The number of carbonyl (C=O) groups is 1. The van der Waals surface area contributed by atoms with E-state index in [1.807, 2.05) is 0 Å². The van der Waals surface area contributed by atoms with Crippen molar-refractivity contribution < 1.29 is 19.0 Å². The summed E-state index contributed by atoms with van der Waals surface area (Å²) in [5.41, 5.74) is 0.0456. The van der Waals surface area contributed by atoms with Crippen LogP contribution in [0.15, 0.2) is 0 Å². The Morgan fingerprint density at radius 2 is 2.05 bits per heavy atom. The van der Waals surface area contributed by atoms with Crippen LogP contribution in [0.25, 0.3) is 0 Å². The van der Waals surface area contributed by atoms with Crippen LogP contribution in [0, 0.1) is 17.8 Å². The van der Waals surface area contributed by atoms with Gasteiger partial charge in [0, 0.05) is 13.2 Å². The lowest BCUT2D eigenvalue weighted by atomic mass is 9.75. The number of epoxide rings is 1. The summed E-state index contributed by atoms with van der Waals surface area (Å²) in [6.45, 7) is 10.6. The number of carbonyl (C=O) groups excluding carboxylic acids is 1. The molecule has 4 unspecified atom stereocenters. The normalized spacial score (nSPS) is 34.6. The lowest BCUT2D eigenvalue weighted by Gasteiger charge is -2.27. The van der Waals surface area contributed by atoms with E-state index in [9.17, 15) is 4.79 Å². The maximum Gasteiger partial charge on any atom is 0.309 e. The molecule has 4 heteroatoms. The topological polar surface area (TPSA) is 48.1 Å². The van der Waals surface area contributed by atoms with Crippen molar-refractivity contribution in [2.24, 2.45) is 17.8 Å². The Morgan fingerprint density at radius 3 is 2.76 bits per heavy atom. The molecule has 0 spiro atoms. The third kappa shape index (κ3) is 4.68. The van der Waals surface area contributed by atoms with E-state index in [0.29, 0.717) is 18.4 Å². The minimum atomic E-state index is -0.0388. The van der Waals surface area contributed by atoms with E-state index in [0.717, 1.165) is 38.9 Å². The van der Waals surface area contributed by atoms with Crippen LogP contribution in [0.4, 0.5) is 0 Å². The van der Waals surface area contributed by atoms with E-state index in [-0.39, 0.29) is 23.6 Å². The van der Waals surface area contributed by atoms with Gasteiger partial charge in [0.25, 0.3) is 0 Å². The Labute approximate surface area is 128 Å². The van der Waals surface area contributed by atoms with Crippen molar-refractivity contribution in [2.45, 2.75) is 65.1 Å². The van der Waals surface area contributed by atoms with E-state index in [1.165, 1.54) is 0 Å². The average Bonchev–Trinajstić information content (AvgIpc) is 3.05. The Kier molecular flexibility index (Phi) is 5.67. The van der Waals surface area contributed by atoms with Crippen LogP contribution in [0.2, 0.25) is 0 Å². The summed E-state index contributed by atoms with van der Waals surface area (Å²) in [6, 6.07) is 0. The molecule has 122 valence electrons. The number of esters is 1. The Balaban J connectivity index is 1.55. The number of hydrogen-bond acceptors (Lipinski definition) is 4. The summed E-state index contributed by atoms with van der Waals surface area (Å²) < 4.78 is 16.6. The van der Waals surface area contributed by atoms with Crippen molar-refractivity contribution in [1.82, 2.24) is 0 Å². The van der Waals surface area contributed by atoms with Crippen LogP contribution in [0.1, 0.15) is 53.4 Å². The summed E-state index contributed by atoms with van der Waals surface area (Å²) >= 11 is 0. The van der Waals surface area contributed by atoms with Gasteiger partial charge in [0.15, 0.2) is 0 Å². The van der Waals surface area contributed by atoms with Gasteiger partial charge < -0.3 is 14.2 Å². The highest BCUT2D eigenvalue weighted by atomic mass is 16.6. The fourth-order valence-corrected chi connectivity index (χ4v) is 3.25. The first kappa shape index (κ1) is 16.8. The molecule has 2 aliphatic rings. The maximum absolute atomic E-state index is 12.1. The first-order chi connectivity index (χ1) is 9.92. The molecule has 1 heterocycles. The Bertz CT molecular complexity index is 355. The van der Waals surface area contributed by atoms with Crippen LogP contribution in [-0.2, 0) is 19.0 Å². The number of rotatable bonds is 8. The summed E-state index contributed by atoms with van der Waals surface area (Å²) in [4.78, 5) is 12.1. The predicted molar refractivity (Wildman–Crippen MR) is 81.0 cm³/mol. The highest BCUT2D eigenvalue weighted by molar-refractivity contribution is 5.73. The average molecular weight is 298 g/mol. The standard InChI is InChI=1S/C17H30O4/c1-12(2)11-19-7-5-6-8-20-16(18)14-9-15-17(4,21-15)10-13(14)3/h12-15H,5-11H2,1-4H3. The molecule has 21 heavy (non-hydrogen) atoms. The predicted octanol–water partition coefficient (Wildman–Crippen LogP) is 3.19. The zero-order valence-corrected chi connectivity index (χ0v) is 13.9.